The summed E-state index contributed by atoms with van der Waals surface area (Å²) < 4.78 is 17.6. The molecule has 0 saturated heterocycles. The van der Waals surface area contributed by atoms with Crippen LogP contribution in [0.25, 0.3) is 82.5 Å². The largest absolute Gasteiger partial charge is 0.485 e. The number of ether oxygens (including phenoxy) is 1. The van der Waals surface area contributed by atoms with Crippen molar-refractivity contribution in [1.82, 2.24) is 9.13 Å². The number of nitrogens with zero attached hydrogens (tertiary/aromatic N) is 3. The second-order valence-electron chi connectivity index (χ2n) is 17.6. The molecule has 0 bridgehead atoms. The van der Waals surface area contributed by atoms with Crippen LogP contribution in [0.1, 0.15) is 37.0 Å². The van der Waals surface area contributed by atoms with E-state index in [1.54, 1.807) is 0 Å². The molecule has 1 aliphatic carbocycles. The average molecular weight is 798 g/mol. The number of fused-ring (bicyclic) bond motifs is 16. The van der Waals surface area contributed by atoms with Gasteiger partial charge < -0.3 is 23.2 Å². The van der Waals surface area contributed by atoms with Crippen LogP contribution in [0, 0.1) is 0 Å². The summed E-state index contributed by atoms with van der Waals surface area (Å²) in [5.41, 5.74) is 17.0. The molecule has 3 aromatic heterocycles. The molecule has 2 aliphatic heterocycles. The van der Waals surface area contributed by atoms with Crippen LogP contribution in [0.15, 0.2) is 186 Å². The van der Waals surface area contributed by atoms with Gasteiger partial charge in [0.25, 0.3) is 0 Å². The lowest BCUT2D eigenvalue weighted by molar-refractivity contribution is 0.279. The van der Waals surface area contributed by atoms with Crippen molar-refractivity contribution < 1.29 is 9.15 Å². The second-order valence-corrected chi connectivity index (χ2v) is 17.6. The highest BCUT2D eigenvalue weighted by atomic mass is 16.5. The van der Waals surface area contributed by atoms with Crippen LogP contribution in [0.5, 0.6) is 5.75 Å². The number of anilines is 3. The van der Waals surface area contributed by atoms with E-state index in [2.05, 4.69) is 204 Å². The van der Waals surface area contributed by atoms with Crippen LogP contribution >= 0.6 is 0 Å². The van der Waals surface area contributed by atoms with E-state index in [1.165, 1.54) is 77.2 Å². The van der Waals surface area contributed by atoms with Gasteiger partial charge in [-0.1, -0.05) is 111 Å². The molecule has 5 nitrogen and oxygen atoms in total. The van der Waals surface area contributed by atoms with Crippen molar-refractivity contribution in [1.29, 1.82) is 0 Å². The van der Waals surface area contributed by atoms with E-state index in [0.717, 1.165) is 51.2 Å². The molecule has 0 fully saturated rings. The number of para-hydroxylation sites is 4. The molecule has 8 aromatic carbocycles. The summed E-state index contributed by atoms with van der Waals surface area (Å²) in [6, 6.07) is 60.0. The molecule has 0 spiro atoms. The fourth-order valence-corrected chi connectivity index (χ4v) is 11.3. The fraction of sp³-hybridized carbons (Fsp3) is 0.0877. The highest BCUT2D eigenvalue weighted by Gasteiger charge is 2.41. The van der Waals surface area contributed by atoms with Gasteiger partial charge in [0.1, 0.15) is 23.0 Å². The minimum atomic E-state index is -0.382. The van der Waals surface area contributed by atoms with Crippen LogP contribution in [-0.4, -0.2) is 15.2 Å². The van der Waals surface area contributed by atoms with Gasteiger partial charge in [-0.15, -0.1) is 0 Å². The summed E-state index contributed by atoms with van der Waals surface area (Å²) in [5, 5.41) is 7.25. The minimum Gasteiger partial charge on any atom is -0.485 e. The van der Waals surface area contributed by atoms with E-state index >= 15 is 0 Å². The van der Waals surface area contributed by atoms with E-state index in [-0.39, 0.29) is 11.5 Å². The molecular weight excluding hydrogens is 759 g/mol. The molecule has 294 valence electrons. The molecule has 62 heavy (non-hydrogen) atoms. The van der Waals surface area contributed by atoms with Gasteiger partial charge in [0, 0.05) is 72.4 Å². The first-order chi connectivity index (χ1) is 30.5. The summed E-state index contributed by atoms with van der Waals surface area (Å²) in [7, 11) is 0. The van der Waals surface area contributed by atoms with Gasteiger partial charge >= 0.3 is 0 Å². The van der Waals surface area contributed by atoms with Crippen molar-refractivity contribution in [2.75, 3.05) is 4.90 Å². The molecule has 0 amide bonds. The summed E-state index contributed by atoms with van der Waals surface area (Å²) in [4.78, 5) is 2.55. The fourth-order valence-electron chi connectivity index (χ4n) is 11.3. The van der Waals surface area contributed by atoms with Crippen molar-refractivity contribution in [3.63, 3.8) is 0 Å². The maximum atomic E-state index is 6.42. The number of hydrogen-bond acceptors (Lipinski definition) is 3. The van der Waals surface area contributed by atoms with Gasteiger partial charge in [0.05, 0.1) is 33.4 Å². The first kappa shape index (κ1) is 34.0. The van der Waals surface area contributed by atoms with Crippen molar-refractivity contribution in [2.45, 2.75) is 31.8 Å². The molecule has 5 heterocycles. The second kappa shape index (κ2) is 12.2. The van der Waals surface area contributed by atoms with Gasteiger partial charge in [-0.25, -0.2) is 0 Å². The number of allylic oxidation sites excluding steroid dienone is 2. The molecule has 1 unspecified atom stereocenters. The summed E-state index contributed by atoms with van der Waals surface area (Å²) in [6.45, 7) is 4.85. The van der Waals surface area contributed by atoms with Gasteiger partial charge in [0.2, 0.25) is 0 Å². The number of rotatable bonds is 3. The molecular formula is C57H39N3O2. The van der Waals surface area contributed by atoms with Crippen molar-refractivity contribution in [3.05, 3.63) is 199 Å². The van der Waals surface area contributed by atoms with Crippen LogP contribution in [0.4, 0.5) is 17.1 Å². The molecule has 0 saturated carbocycles. The average Bonchev–Trinajstić information content (AvgIpc) is 4.06. The highest BCUT2D eigenvalue weighted by molar-refractivity contribution is 6.20. The predicted molar refractivity (Wildman–Crippen MR) is 255 cm³/mol. The molecule has 0 N–H and O–H groups in total. The van der Waals surface area contributed by atoms with Crippen molar-refractivity contribution in [2.24, 2.45) is 0 Å². The Morgan fingerprint density at radius 3 is 2.03 bits per heavy atom. The molecule has 11 aromatic rings. The maximum absolute atomic E-state index is 6.42. The maximum Gasteiger partial charge on any atom is 0.135 e. The summed E-state index contributed by atoms with van der Waals surface area (Å²) in [6.07, 6.45) is 7.56. The Bertz CT molecular complexity index is 3800. The van der Waals surface area contributed by atoms with E-state index in [4.69, 9.17) is 9.15 Å². The first-order valence-electron chi connectivity index (χ1n) is 21.6. The Morgan fingerprint density at radius 1 is 0.548 bits per heavy atom. The van der Waals surface area contributed by atoms with Crippen LogP contribution in [0.3, 0.4) is 0 Å². The van der Waals surface area contributed by atoms with Crippen LogP contribution in [-0.2, 0) is 5.41 Å². The lowest BCUT2D eigenvalue weighted by Gasteiger charge is -2.43. The quantitative estimate of drug-likeness (QED) is 0.179. The summed E-state index contributed by atoms with van der Waals surface area (Å²) >= 11 is 0. The smallest absolute Gasteiger partial charge is 0.135 e. The number of aromatic nitrogens is 2. The number of furan rings is 1. The monoisotopic (exact) mass is 797 g/mol. The molecule has 14 rings (SSSR count). The Kier molecular flexibility index (Phi) is 6.68. The zero-order valence-electron chi connectivity index (χ0n) is 34.3. The van der Waals surface area contributed by atoms with Gasteiger partial charge in [-0.05, 0) is 96.1 Å². The summed E-state index contributed by atoms with van der Waals surface area (Å²) in [5.74, 6) is 0.962. The van der Waals surface area contributed by atoms with Gasteiger partial charge in [-0.2, -0.15) is 0 Å². The zero-order valence-corrected chi connectivity index (χ0v) is 34.3. The first-order valence-corrected chi connectivity index (χ1v) is 21.6. The van der Waals surface area contributed by atoms with Crippen molar-refractivity contribution >= 4 is 88.2 Å². The molecule has 1 atom stereocenters. The van der Waals surface area contributed by atoms with Crippen LogP contribution < -0.4 is 9.64 Å². The Balaban J connectivity index is 1.05. The molecule has 3 aliphatic rings. The predicted octanol–water partition coefficient (Wildman–Crippen LogP) is 15.0. The molecule has 5 heteroatoms. The van der Waals surface area contributed by atoms with E-state index < -0.39 is 0 Å². The highest BCUT2D eigenvalue weighted by Crippen LogP contribution is 2.58. The lowest BCUT2D eigenvalue weighted by atomic mass is 9.71. The van der Waals surface area contributed by atoms with E-state index in [9.17, 15) is 0 Å². The van der Waals surface area contributed by atoms with Crippen LogP contribution in [0.2, 0.25) is 0 Å². The van der Waals surface area contributed by atoms with E-state index in [1.807, 2.05) is 6.07 Å². The Hall–Kier alpha value is -7.76. The SMILES string of the molecule is CC1(C)c2ccc3c(c2N(c2ccccc2)c2ccc4c(c21)c1ccccc1n4-c1ccc2oc4ccccc4c2c1)c1ccccc1n3-c1ccc2c(c1)C1=CC=CCC1O2. The number of benzene rings is 8. The van der Waals surface area contributed by atoms with Gasteiger partial charge in [0.15, 0.2) is 0 Å². The standard InChI is InChI=1S/C57H39N3O2/c1-57(2)43-26-27-47-54(40-19-7-11-21-45(40)59(47)36-25-31-52-42(33-36)38-17-9-13-23-50(38)62-52)56(43)60(34-14-4-3-5-15-34)48-29-28-46-53(55(48)57)39-18-6-10-20-44(39)58(46)35-24-30-51-41(32-35)37-16-8-12-22-49(37)61-51/h3-22,24-33,50H,23H2,1-2H3. The number of hydrogen-bond donors (Lipinski definition) is 0. The normalized spacial score (nSPS) is 16.3. The van der Waals surface area contributed by atoms with E-state index in [0.29, 0.717) is 0 Å². The third-order valence-electron chi connectivity index (χ3n) is 13.9. The van der Waals surface area contributed by atoms with Crippen molar-refractivity contribution in [3.8, 4) is 17.1 Å². The third kappa shape index (κ3) is 4.42. The topological polar surface area (TPSA) is 35.5 Å². The zero-order chi connectivity index (χ0) is 40.8. The molecule has 0 radical (unpaired) electrons. The minimum absolute atomic E-state index is 0.0816. The Morgan fingerprint density at radius 2 is 1.21 bits per heavy atom. The lowest BCUT2D eigenvalue weighted by Crippen LogP contribution is -2.31. The van der Waals surface area contributed by atoms with Gasteiger partial charge in [-0.3, -0.25) is 0 Å². The Labute approximate surface area is 357 Å². The third-order valence-corrected chi connectivity index (χ3v) is 13.9.